The molecule has 1 aromatic rings. The molecule has 2 aliphatic rings. The molecule has 2 amide bonds. The van der Waals surface area contributed by atoms with Crippen LogP contribution in [0.4, 0.5) is 5.69 Å². The van der Waals surface area contributed by atoms with Crippen LogP contribution < -0.4 is 10.1 Å². The van der Waals surface area contributed by atoms with Crippen molar-refractivity contribution < 1.29 is 24.2 Å². The Labute approximate surface area is 184 Å². The first-order valence-corrected chi connectivity index (χ1v) is 11.1. The monoisotopic (exact) mass is 433 g/mol. The Morgan fingerprint density at radius 2 is 2.03 bits per heavy atom. The average Bonchev–Trinajstić information content (AvgIpc) is 2.76. The molecule has 31 heavy (non-hydrogen) atoms. The van der Waals surface area contributed by atoms with Crippen LogP contribution in [0.25, 0.3) is 0 Å². The molecule has 2 heterocycles. The summed E-state index contributed by atoms with van der Waals surface area (Å²) in [5, 5.41) is 12.7. The molecule has 1 fully saturated rings. The number of rotatable bonds is 6. The van der Waals surface area contributed by atoms with Crippen molar-refractivity contribution in [2.75, 3.05) is 52.3 Å². The van der Waals surface area contributed by atoms with E-state index in [9.17, 15) is 14.7 Å². The summed E-state index contributed by atoms with van der Waals surface area (Å²) in [5.41, 5.74) is 0.914. The molecule has 0 aromatic heterocycles. The van der Waals surface area contributed by atoms with Gasteiger partial charge in [0.2, 0.25) is 5.91 Å². The summed E-state index contributed by atoms with van der Waals surface area (Å²) in [4.78, 5) is 30.0. The second kappa shape index (κ2) is 10.4. The number of nitrogens with zero attached hydrogens (tertiary/aromatic N) is 2. The van der Waals surface area contributed by atoms with E-state index in [1.54, 1.807) is 23.1 Å². The first-order valence-electron chi connectivity index (χ1n) is 11.1. The number of ether oxygens (including phenoxy) is 2. The van der Waals surface area contributed by atoms with Crippen LogP contribution in [0.5, 0.6) is 5.75 Å². The molecule has 1 aromatic carbocycles. The van der Waals surface area contributed by atoms with E-state index in [1.165, 1.54) is 0 Å². The Balaban J connectivity index is 1.97. The standard InChI is InChI=1S/C23H35N3O5/c1-15-12-26(16(2)14-27)23(29)18-6-5-7-19(21(18)31-20(15)13-25(3)4)24-22(28)17-8-10-30-11-9-17/h5-7,15-17,20,27H,8-14H2,1-4H3,(H,24,28)/t15-,16-,20-/m1/s1. The van der Waals surface area contributed by atoms with Gasteiger partial charge < -0.3 is 29.7 Å². The summed E-state index contributed by atoms with van der Waals surface area (Å²) in [7, 11) is 3.96. The number of anilines is 1. The number of fused-ring (bicyclic) bond motifs is 1. The molecule has 0 unspecified atom stereocenters. The van der Waals surface area contributed by atoms with Gasteiger partial charge in [-0.2, -0.15) is 0 Å². The van der Waals surface area contributed by atoms with Crippen LogP contribution in [0.2, 0.25) is 0 Å². The number of hydrogen-bond donors (Lipinski definition) is 2. The molecule has 0 saturated carbocycles. The van der Waals surface area contributed by atoms with Crippen molar-refractivity contribution in [3.05, 3.63) is 23.8 Å². The minimum Gasteiger partial charge on any atom is -0.486 e. The summed E-state index contributed by atoms with van der Waals surface area (Å²) in [5.74, 6) is 0.0481. The maximum Gasteiger partial charge on any atom is 0.258 e. The summed E-state index contributed by atoms with van der Waals surface area (Å²) in [6.45, 7) is 6.08. The van der Waals surface area contributed by atoms with E-state index < -0.39 is 0 Å². The second-order valence-corrected chi connectivity index (χ2v) is 8.94. The molecule has 0 spiro atoms. The van der Waals surface area contributed by atoms with Gasteiger partial charge in [-0.1, -0.05) is 13.0 Å². The Morgan fingerprint density at radius 1 is 1.32 bits per heavy atom. The maximum absolute atomic E-state index is 13.4. The predicted molar refractivity (Wildman–Crippen MR) is 118 cm³/mol. The molecule has 3 rings (SSSR count). The minimum absolute atomic E-state index is 0.0350. The highest BCUT2D eigenvalue weighted by atomic mass is 16.5. The lowest BCUT2D eigenvalue weighted by atomic mass is 9.98. The van der Waals surface area contributed by atoms with Crippen molar-refractivity contribution in [3.8, 4) is 5.75 Å². The van der Waals surface area contributed by atoms with Gasteiger partial charge in [0.1, 0.15) is 6.10 Å². The van der Waals surface area contributed by atoms with E-state index in [0.717, 1.165) is 0 Å². The molecule has 8 nitrogen and oxygen atoms in total. The highest BCUT2D eigenvalue weighted by molar-refractivity contribution is 6.02. The molecule has 2 aliphatic heterocycles. The third-order valence-corrected chi connectivity index (χ3v) is 6.09. The van der Waals surface area contributed by atoms with Gasteiger partial charge in [0.05, 0.1) is 23.9 Å². The third-order valence-electron chi connectivity index (χ3n) is 6.09. The van der Waals surface area contributed by atoms with Gasteiger partial charge in [-0.3, -0.25) is 9.59 Å². The lowest BCUT2D eigenvalue weighted by Gasteiger charge is -2.38. The van der Waals surface area contributed by atoms with E-state index >= 15 is 0 Å². The zero-order valence-corrected chi connectivity index (χ0v) is 19.0. The van der Waals surface area contributed by atoms with Gasteiger partial charge in [0, 0.05) is 38.1 Å². The third kappa shape index (κ3) is 5.56. The molecular weight excluding hydrogens is 398 g/mol. The molecule has 0 aliphatic carbocycles. The number of carbonyl (C=O) groups excluding carboxylic acids is 2. The molecule has 2 N–H and O–H groups in total. The lowest BCUT2D eigenvalue weighted by molar-refractivity contribution is -0.122. The van der Waals surface area contributed by atoms with Crippen molar-refractivity contribution in [2.45, 2.75) is 38.8 Å². The second-order valence-electron chi connectivity index (χ2n) is 8.94. The summed E-state index contributed by atoms with van der Waals surface area (Å²) < 4.78 is 11.8. The van der Waals surface area contributed by atoms with Crippen molar-refractivity contribution in [1.29, 1.82) is 0 Å². The molecule has 8 heteroatoms. The van der Waals surface area contributed by atoms with Crippen molar-refractivity contribution in [2.24, 2.45) is 11.8 Å². The van der Waals surface area contributed by atoms with Gasteiger partial charge in [0.15, 0.2) is 5.75 Å². The van der Waals surface area contributed by atoms with Gasteiger partial charge in [-0.15, -0.1) is 0 Å². The van der Waals surface area contributed by atoms with Gasteiger partial charge >= 0.3 is 0 Å². The van der Waals surface area contributed by atoms with Crippen LogP contribution in [0.1, 0.15) is 37.0 Å². The maximum atomic E-state index is 13.4. The van der Waals surface area contributed by atoms with E-state index in [0.29, 0.717) is 56.1 Å². The smallest absolute Gasteiger partial charge is 0.258 e. The van der Waals surface area contributed by atoms with Crippen LogP contribution in [-0.2, 0) is 9.53 Å². The number of likely N-dealkylation sites (N-methyl/N-ethyl adjacent to an activating group) is 1. The fourth-order valence-electron chi connectivity index (χ4n) is 4.11. The van der Waals surface area contributed by atoms with E-state index in [1.807, 2.05) is 32.8 Å². The minimum atomic E-state index is -0.318. The number of nitrogens with one attached hydrogen (secondary N) is 1. The number of amides is 2. The molecular formula is C23H35N3O5. The number of para-hydroxylation sites is 1. The topological polar surface area (TPSA) is 91.3 Å². The largest absolute Gasteiger partial charge is 0.486 e. The zero-order valence-electron chi connectivity index (χ0n) is 19.0. The fraction of sp³-hybridized carbons (Fsp3) is 0.652. The van der Waals surface area contributed by atoms with E-state index in [4.69, 9.17) is 9.47 Å². The molecule has 1 saturated heterocycles. The summed E-state index contributed by atoms with van der Waals surface area (Å²) >= 11 is 0. The highest BCUT2D eigenvalue weighted by Crippen LogP contribution is 2.35. The van der Waals surface area contributed by atoms with Crippen molar-refractivity contribution in [3.63, 3.8) is 0 Å². The number of aliphatic hydroxyl groups excluding tert-OH is 1. The Bertz CT molecular complexity index is 778. The van der Waals surface area contributed by atoms with Crippen LogP contribution in [0.3, 0.4) is 0 Å². The first-order chi connectivity index (χ1) is 14.8. The number of benzene rings is 1. The molecule has 0 radical (unpaired) electrons. The van der Waals surface area contributed by atoms with Gasteiger partial charge in [-0.25, -0.2) is 0 Å². The predicted octanol–water partition coefficient (Wildman–Crippen LogP) is 1.83. The number of hydrogen-bond acceptors (Lipinski definition) is 6. The Hall–Kier alpha value is -2.16. The molecule has 172 valence electrons. The van der Waals surface area contributed by atoms with Gasteiger partial charge in [-0.05, 0) is 46.0 Å². The van der Waals surface area contributed by atoms with Crippen LogP contribution in [0.15, 0.2) is 18.2 Å². The normalized spacial score (nSPS) is 23.5. The van der Waals surface area contributed by atoms with Crippen LogP contribution in [-0.4, -0.2) is 85.9 Å². The van der Waals surface area contributed by atoms with E-state index in [2.05, 4.69) is 5.32 Å². The van der Waals surface area contributed by atoms with Crippen LogP contribution >= 0.6 is 0 Å². The van der Waals surface area contributed by atoms with E-state index in [-0.39, 0.29) is 42.4 Å². The first kappa shape index (κ1) is 23.5. The molecule has 0 bridgehead atoms. The summed E-state index contributed by atoms with van der Waals surface area (Å²) in [6.07, 6.45) is 1.18. The Morgan fingerprint density at radius 3 is 2.68 bits per heavy atom. The zero-order chi connectivity index (χ0) is 22.5. The highest BCUT2D eigenvalue weighted by Gasteiger charge is 2.34. The fourth-order valence-corrected chi connectivity index (χ4v) is 4.11. The van der Waals surface area contributed by atoms with Crippen molar-refractivity contribution in [1.82, 2.24) is 9.80 Å². The Kier molecular flexibility index (Phi) is 7.91. The number of carbonyl (C=O) groups is 2. The number of aliphatic hydroxyl groups is 1. The molecule has 3 atom stereocenters. The quantitative estimate of drug-likeness (QED) is 0.711. The average molecular weight is 434 g/mol. The van der Waals surface area contributed by atoms with Gasteiger partial charge in [0.25, 0.3) is 5.91 Å². The lowest BCUT2D eigenvalue weighted by Crippen LogP contribution is -2.49. The SMILES string of the molecule is C[C@@H]1CN([C@H](C)CO)C(=O)c2cccc(NC(=O)C3CCOCC3)c2O[C@@H]1CN(C)C. The summed E-state index contributed by atoms with van der Waals surface area (Å²) in [6, 6.07) is 4.94. The van der Waals surface area contributed by atoms with Crippen LogP contribution in [0, 0.1) is 11.8 Å². The van der Waals surface area contributed by atoms with Crippen molar-refractivity contribution >= 4 is 17.5 Å².